The average molecular weight is 775 g/mol. The van der Waals surface area contributed by atoms with Gasteiger partial charge in [0.05, 0.1) is 49.2 Å². The van der Waals surface area contributed by atoms with Gasteiger partial charge >= 0.3 is 12.4 Å². The molecule has 0 spiro atoms. The van der Waals surface area contributed by atoms with Gasteiger partial charge in [0.25, 0.3) is 0 Å². The Morgan fingerprint density at radius 1 is 0.623 bits per heavy atom. The first-order valence-corrected chi connectivity index (χ1v) is 18.2. The molecule has 2 atom stereocenters. The molecule has 4 heterocycles. The van der Waals surface area contributed by atoms with E-state index in [1.165, 1.54) is 35.6 Å². The van der Waals surface area contributed by atoms with Crippen molar-refractivity contribution in [1.82, 2.24) is 19.9 Å². The fourth-order valence-corrected chi connectivity index (χ4v) is 8.09. The number of hydrogen-bond donors (Lipinski definition) is 1. The van der Waals surface area contributed by atoms with Crippen molar-refractivity contribution >= 4 is 54.7 Å². The second kappa shape index (κ2) is 14.8. The molecule has 0 aliphatic carbocycles. The highest BCUT2D eigenvalue weighted by molar-refractivity contribution is 7.20. The highest BCUT2D eigenvalue weighted by Gasteiger charge is 2.36. The van der Waals surface area contributed by atoms with Crippen molar-refractivity contribution < 1.29 is 31.4 Å². The molecule has 6 aromatic rings. The molecule has 0 saturated heterocycles. The van der Waals surface area contributed by atoms with Crippen LogP contribution < -0.4 is 9.80 Å². The number of alkyl halides is 6. The molecule has 1 N–H and O–H groups in total. The largest absolute Gasteiger partial charge is 0.416 e. The van der Waals surface area contributed by atoms with Gasteiger partial charge in [-0.1, -0.05) is 36.4 Å². The van der Waals surface area contributed by atoms with Crippen LogP contribution in [-0.2, 0) is 18.0 Å². The maximum atomic E-state index is 13.5. The van der Waals surface area contributed by atoms with Crippen molar-refractivity contribution in [2.45, 2.75) is 78.5 Å². The maximum absolute atomic E-state index is 13.5. The number of rotatable bonds is 7. The van der Waals surface area contributed by atoms with Gasteiger partial charge in [-0.05, 0) is 83.9 Å². The Hall–Kier alpha value is -4.34. The summed E-state index contributed by atoms with van der Waals surface area (Å²) in [5.41, 5.74) is -0.389. The van der Waals surface area contributed by atoms with Crippen molar-refractivity contribution in [2.24, 2.45) is 0 Å². The number of aliphatic hydroxyl groups is 1. The number of aromatic nitrogens is 4. The SMILES string of the molecule is Cc1nc(N(C)C(C)c2ccccc2C(F)(F)F)c2sc(C(C)(C)O)cc2n1.Cc1nc(N(C)C(C)c2ccccc2C(F)(F)F)c2sc(C)cc2n1. The Morgan fingerprint density at radius 3 is 1.43 bits per heavy atom. The predicted octanol–water partition coefficient (Wildman–Crippen LogP) is 11.0. The highest BCUT2D eigenvalue weighted by Crippen LogP contribution is 2.42. The molecule has 53 heavy (non-hydrogen) atoms. The Labute approximate surface area is 312 Å². The van der Waals surface area contributed by atoms with Gasteiger partial charge in [-0.3, -0.25) is 0 Å². The molecule has 2 unspecified atom stereocenters. The van der Waals surface area contributed by atoms with Gasteiger partial charge in [-0.2, -0.15) is 26.3 Å². The van der Waals surface area contributed by atoms with E-state index >= 15 is 0 Å². The van der Waals surface area contributed by atoms with Crippen LogP contribution in [0.4, 0.5) is 38.0 Å². The van der Waals surface area contributed by atoms with E-state index in [1.54, 1.807) is 95.0 Å². The fourth-order valence-electron chi connectivity index (χ4n) is 5.98. The Kier molecular flexibility index (Phi) is 11.1. The Balaban J connectivity index is 0.000000206. The van der Waals surface area contributed by atoms with Crippen molar-refractivity contribution in [1.29, 1.82) is 0 Å². The number of anilines is 2. The normalized spacial score (nSPS) is 13.5. The van der Waals surface area contributed by atoms with E-state index in [2.05, 4.69) is 19.9 Å². The first-order valence-electron chi connectivity index (χ1n) is 16.6. The third-order valence-electron chi connectivity index (χ3n) is 8.92. The van der Waals surface area contributed by atoms with E-state index in [-0.39, 0.29) is 11.1 Å². The number of aryl methyl sites for hydroxylation is 3. The van der Waals surface area contributed by atoms with Crippen LogP contribution in [0.5, 0.6) is 0 Å². The lowest BCUT2D eigenvalue weighted by Crippen LogP contribution is -2.25. The summed E-state index contributed by atoms with van der Waals surface area (Å²) < 4.78 is 82.1. The first-order chi connectivity index (χ1) is 24.6. The summed E-state index contributed by atoms with van der Waals surface area (Å²) >= 11 is 2.90. The zero-order valence-electron chi connectivity index (χ0n) is 30.6. The van der Waals surface area contributed by atoms with Gasteiger partial charge in [-0.15, -0.1) is 22.7 Å². The highest BCUT2D eigenvalue weighted by atomic mass is 32.1. The molecular formula is C38H40F6N6OS2. The van der Waals surface area contributed by atoms with E-state index in [4.69, 9.17) is 0 Å². The molecule has 2 aromatic carbocycles. The lowest BCUT2D eigenvalue weighted by Gasteiger charge is -2.29. The monoisotopic (exact) mass is 774 g/mol. The number of thiophene rings is 2. The topological polar surface area (TPSA) is 78.3 Å². The van der Waals surface area contributed by atoms with E-state index in [0.717, 1.165) is 36.8 Å². The van der Waals surface area contributed by atoms with Crippen molar-refractivity contribution in [2.75, 3.05) is 23.9 Å². The number of hydrogen-bond acceptors (Lipinski definition) is 9. The third kappa shape index (κ3) is 8.57. The van der Waals surface area contributed by atoms with Crippen molar-refractivity contribution in [3.8, 4) is 0 Å². The van der Waals surface area contributed by atoms with Crippen LogP contribution in [-0.4, -0.2) is 39.1 Å². The van der Waals surface area contributed by atoms with E-state index in [9.17, 15) is 31.4 Å². The molecule has 0 aliphatic rings. The van der Waals surface area contributed by atoms with Gasteiger partial charge in [0.15, 0.2) is 11.6 Å². The summed E-state index contributed by atoms with van der Waals surface area (Å²) in [6.45, 7) is 12.4. The summed E-state index contributed by atoms with van der Waals surface area (Å²) in [5, 5.41) is 10.3. The second-order valence-electron chi connectivity index (χ2n) is 13.4. The van der Waals surface area contributed by atoms with Crippen LogP contribution in [0.3, 0.4) is 0 Å². The quantitative estimate of drug-likeness (QED) is 0.162. The number of fused-ring (bicyclic) bond motifs is 2. The lowest BCUT2D eigenvalue weighted by atomic mass is 10.00. The second-order valence-corrected chi connectivity index (χ2v) is 15.7. The van der Waals surface area contributed by atoms with Gasteiger partial charge < -0.3 is 14.9 Å². The minimum absolute atomic E-state index is 0.182. The molecule has 4 aromatic heterocycles. The van der Waals surface area contributed by atoms with Gasteiger partial charge in [0.2, 0.25) is 0 Å². The zero-order chi connectivity index (χ0) is 39.2. The molecule has 0 amide bonds. The van der Waals surface area contributed by atoms with Crippen LogP contribution in [0.15, 0.2) is 60.7 Å². The molecule has 0 bridgehead atoms. The van der Waals surface area contributed by atoms with Crippen LogP contribution >= 0.6 is 22.7 Å². The standard InChI is InChI=1S/C20H22F3N3OS.C18H18F3N3S/c1-11(13-8-6-7-9-14(13)20(21,22)23)26(5)18-17-15(24-12(2)25-18)10-16(28-17)19(3,4)27;1-10-9-15-16(25-10)17(23-12(3)22-15)24(4)11(2)13-7-5-6-8-14(13)18(19,20)21/h6-11,27H,1-5H3;5-9,11H,1-4H3. The smallest absolute Gasteiger partial charge is 0.385 e. The Morgan fingerprint density at radius 2 is 1.02 bits per heavy atom. The van der Waals surface area contributed by atoms with E-state index in [0.29, 0.717) is 28.8 Å². The third-order valence-corrected chi connectivity index (χ3v) is 11.4. The predicted molar refractivity (Wildman–Crippen MR) is 201 cm³/mol. The summed E-state index contributed by atoms with van der Waals surface area (Å²) in [5.74, 6) is 2.33. The maximum Gasteiger partial charge on any atom is 0.416 e. The van der Waals surface area contributed by atoms with Gasteiger partial charge in [0.1, 0.15) is 11.6 Å². The molecule has 0 saturated carbocycles. The van der Waals surface area contributed by atoms with Crippen molar-refractivity contribution in [3.63, 3.8) is 0 Å². The molecule has 15 heteroatoms. The molecule has 0 aliphatic heterocycles. The summed E-state index contributed by atoms with van der Waals surface area (Å²) in [6.07, 6.45) is -8.82. The van der Waals surface area contributed by atoms with Crippen LogP contribution in [0.25, 0.3) is 20.4 Å². The number of nitrogens with zero attached hydrogens (tertiary/aromatic N) is 6. The first kappa shape index (κ1) is 39.9. The van der Waals surface area contributed by atoms with Crippen LogP contribution in [0.1, 0.15) is 83.4 Å². The fraction of sp³-hybridized carbons (Fsp3) is 0.368. The Bertz CT molecular complexity index is 2240. The van der Waals surface area contributed by atoms with Crippen LogP contribution in [0, 0.1) is 20.8 Å². The zero-order valence-corrected chi connectivity index (χ0v) is 32.3. The van der Waals surface area contributed by atoms with E-state index in [1.807, 2.05) is 13.0 Å². The summed E-state index contributed by atoms with van der Waals surface area (Å²) in [7, 11) is 3.50. The summed E-state index contributed by atoms with van der Waals surface area (Å²) in [4.78, 5) is 23.2. The number of halogens is 6. The molecule has 0 radical (unpaired) electrons. The van der Waals surface area contributed by atoms with Crippen LogP contribution in [0.2, 0.25) is 0 Å². The lowest BCUT2D eigenvalue weighted by molar-refractivity contribution is -0.139. The van der Waals surface area contributed by atoms with E-state index < -0.39 is 41.2 Å². The molecule has 282 valence electrons. The minimum atomic E-state index is -4.43. The van der Waals surface area contributed by atoms with Crippen molar-refractivity contribution in [3.05, 3.63) is 104 Å². The average Bonchev–Trinajstić information content (AvgIpc) is 3.68. The molecule has 0 fully saturated rings. The number of benzene rings is 2. The van der Waals surface area contributed by atoms with Gasteiger partial charge in [0, 0.05) is 23.8 Å². The molecular weight excluding hydrogens is 735 g/mol. The molecule has 6 rings (SSSR count). The minimum Gasteiger partial charge on any atom is -0.385 e. The summed E-state index contributed by atoms with van der Waals surface area (Å²) in [6, 6.07) is 14.0. The van der Waals surface area contributed by atoms with Gasteiger partial charge in [-0.25, -0.2) is 19.9 Å². The molecule has 7 nitrogen and oxygen atoms in total.